The highest BCUT2D eigenvalue weighted by Gasteiger charge is 2.13. The van der Waals surface area contributed by atoms with E-state index in [9.17, 15) is 4.79 Å². The van der Waals surface area contributed by atoms with E-state index in [0.29, 0.717) is 31.6 Å². The van der Waals surface area contributed by atoms with Crippen LogP contribution in [-0.4, -0.2) is 11.1 Å². The molecule has 1 aromatic heterocycles. The molecule has 2 aromatic rings. The Morgan fingerprint density at radius 3 is 2.68 bits per heavy atom. The molecule has 0 amide bonds. The zero-order chi connectivity index (χ0) is 14.0. The van der Waals surface area contributed by atoms with Gasteiger partial charge in [-0.1, -0.05) is 23.2 Å². The summed E-state index contributed by atoms with van der Waals surface area (Å²) in [5, 5.41) is 9.55. The second-order valence-corrected chi connectivity index (χ2v) is 5.32. The lowest BCUT2D eigenvalue weighted by atomic mass is 10.2. The smallest absolute Gasteiger partial charge is 0.328 e. The minimum Gasteiger partial charge on any atom is -0.478 e. The predicted octanol–water partition coefficient (Wildman–Crippen LogP) is 5.11. The minimum absolute atomic E-state index is 0.412. The van der Waals surface area contributed by atoms with Crippen LogP contribution in [0, 0.1) is 0 Å². The van der Waals surface area contributed by atoms with Crippen molar-refractivity contribution in [3.05, 3.63) is 50.6 Å². The fourth-order valence-electron chi connectivity index (χ4n) is 1.48. The summed E-state index contributed by atoms with van der Waals surface area (Å²) in [5.41, 5.74) is 0.674. The maximum absolute atomic E-state index is 10.4. The summed E-state index contributed by atoms with van der Waals surface area (Å²) < 4.78 is 6.23. The van der Waals surface area contributed by atoms with Gasteiger partial charge in [-0.3, -0.25) is 0 Å². The molecule has 2 rings (SSSR count). The summed E-state index contributed by atoms with van der Waals surface area (Å²) in [6.45, 7) is 0. The Morgan fingerprint density at radius 2 is 2.05 bits per heavy atom. The van der Waals surface area contributed by atoms with Crippen LogP contribution in [0.5, 0.6) is 0 Å². The van der Waals surface area contributed by atoms with Crippen LogP contribution >= 0.6 is 39.1 Å². The third kappa shape index (κ3) is 3.41. The molecule has 0 radical (unpaired) electrons. The highest BCUT2D eigenvalue weighted by molar-refractivity contribution is 9.10. The zero-order valence-electron chi connectivity index (χ0n) is 9.36. The first-order valence-corrected chi connectivity index (χ1v) is 6.68. The van der Waals surface area contributed by atoms with Crippen LogP contribution in [0.2, 0.25) is 10.0 Å². The van der Waals surface area contributed by atoms with Crippen molar-refractivity contribution in [3.8, 4) is 11.3 Å². The zero-order valence-corrected chi connectivity index (χ0v) is 12.5. The molecular weight excluding hydrogens is 355 g/mol. The van der Waals surface area contributed by atoms with Crippen LogP contribution < -0.4 is 0 Å². The molecule has 0 spiro atoms. The largest absolute Gasteiger partial charge is 0.478 e. The van der Waals surface area contributed by atoms with Gasteiger partial charge in [0.05, 0.1) is 9.50 Å². The molecule has 0 aliphatic heterocycles. The minimum atomic E-state index is -1.04. The molecule has 98 valence electrons. The van der Waals surface area contributed by atoms with Crippen LogP contribution in [-0.2, 0) is 4.79 Å². The summed E-state index contributed by atoms with van der Waals surface area (Å²) in [4.78, 5) is 10.4. The molecular formula is C13H7BrCl2O3. The van der Waals surface area contributed by atoms with E-state index >= 15 is 0 Å². The number of hydrogen-bond acceptors (Lipinski definition) is 2. The molecule has 0 aliphatic rings. The van der Waals surface area contributed by atoms with Crippen molar-refractivity contribution in [1.29, 1.82) is 0 Å². The van der Waals surface area contributed by atoms with Gasteiger partial charge in [-0.2, -0.15) is 0 Å². The quantitative estimate of drug-likeness (QED) is 0.772. The second kappa shape index (κ2) is 5.82. The average molecular weight is 362 g/mol. The van der Waals surface area contributed by atoms with Crippen LogP contribution in [0.25, 0.3) is 17.4 Å². The summed E-state index contributed by atoms with van der Waals surface area (Å²) in [5.74, 6) is -0.111. The molecule has 3 nitrogen and oxygen atoms in total. The van der Waals surface area contributed by atoms with E-state index in [4.69, 9.17) is 32.7 Å². The van der Waals surface area contributed by atoms with E-state index in [1.807, 2.05) is 0 Å². The summed E-state index contributed by atoms with van der Waals surface area (Å²) >= 11 is 15.3. The molecule has 0 atom stereocenters. The Morgan fingerprint density at radius 1 is 1.32 bits per heavy atom. The molecule has 0 saturated heterocycles. The van der Waals surface area contributed by atoms with E-state index < -0.39 is 5.97 Å². The van der Waals surface area contributed by atoms with Gasteiger partial charge < -0.3 is 9.52 Å². The van der Waals surface area contributed by atoms with Gasteiger partial charge in [-0.15, -0.1) is 0 Å². The third-order valence-electron chi connectivity index (χ3n) is 2.27. The Bertz CT molecular complexity index is 662. The first-order chi connectivity index (χ1) is 8.97. The number of carboxylic acids is 1. The summed E-state index contributed by atoms with van der Waals surface area (Å²) in [7, 11) is 0. The van der Waals surface area contributed by atoms with Crippen molar-refractivity contribution in [2.24, 2.45) is 0 Å². The van der Waals surface area contributed by atoms with E-state index in [-0.39, 0.29) is 0 Å². The molecule has 0 unspecified atom stereocenters. The molecule has 0 aliphatic carbocycles. The monoisotopic (exact) mass is 360 g/mol. The first-order valence-electron chi connectivity index (χ1n) is 5.13. The topological polar surface area (TPSA) is 50.4 Å². The van der Waals surface area contributed by atoms with Crippen molar-refractivity contribution < 1.29 is 14.3 Å². The second-order valence-electron chi connectivity index (χ2n) is 3.62. The number of benzene rings is 1. The van der Waals surface area contributed by atoms with Crippen LogP contribution in [0.15, 0.2) is 39.2 Å². The molecule has 0 bridgehead atoms. The molecule has 6 heteroatoms. The lowest BCUT2D eigenvalue weighted by Crippen LogP contribution is -1.84. The standard InChI is InChI=1S/C13H7BrCl2O3/c14-10-6-8(2-4-12(17)18)19-13(10)9-3-1-7(15)5-11(9)16/h1-6H,(H,17,18). The third-order valence-corrected chi connectivity index (χ3v) is 3.41. The molecule has 0 saturated carbocycles. The Labute approximate surface area is 127 Å². The van der Waals surface area contributed by atoms with Gasteiger partial charge in [0.1, 0.15) is 11.5 Å². The predicted molar refractivity (Wildman–Crippen MR) is 78.5 cm³/mol. The van der Waals surface area contributed by atoms with E-state index in [1.165, 1.54) is 6.08 Å². The van der Waals surface area contributed by atoms with E-state index in [0.717, 1.165) is 6.08 Å². The van der Waals surface area contributed by atoms with Crippen LogP contribution in [0.4, 0.5) is 0 Å². The number of aliphatic carboxylic acids is 1. The molecule has 1 heterocycles. The van der Waals surface area contributed by atoms with Crippen LogP contribution in [0.1, 0.15) is 5.76 Å². The van der Waals surface area contributed by atoms with E-state index in [2.05, 4.69) is 15.9 Å². The number of hydrogen-bond donors (Lipinski definition) is 1. The Balaban J connectivity index is 2.43. The Hall–Kier alpha value is -1.23. The fraction of sp³-hybridized carbons (Fsp3) is 0. The van der Waals surface area contributed by atoms with Crippen molar-refractivity contribution in [1.82, 2.24) is 0 Å². The van der Waals surface area contributed by atoms with Crippen molar-refractivity contribution >= 4 is 51.2 Å². The first kappa shape index (κ1) is 14.2. The highest BCUT2D eigenvalue weighted by Crippen LogP contribution is 2.37. The summed E-state index contributed by atoms with van der Waals surface area (Å²) in [6.07, 6.45) is 2.36. The van der Waals surface area contributed by atoms with Crippen molar-refractivity contribution in [2.75, 3.05) is 0 Å². The maximum atomic E-state index is 10.4. The number of carboxylic acid groups (broad SMARTS) is 1. The van der Waals surface area contributed by atoms with Crippen LogP contribution in [0.3, 0.4) is 0 Å². The van der Waals surface area contributed by atoms with Gasteiger partial charge >= 0.3 is 5.97 Å². The molecule has 0 fully saturated rings. The highest BCUT2D eigenvalue weighted by atomic mass is 79.9. The Kier molecular flexibility index (Phi) is 4.34. The lowest BCUT2D eigenvalue weighted by molar-refractivity contribution is -0.131. The van der Waals surface area contributed by atoms with Gasteiger partial charge in [0.2, 0.25) is 0 Å². The normalized spacial score (nSPS) is 11.1. The molecule has 19 heavy (non-hydrogen) atoms. The SMILES string of the molecule is O=C(O)C=Cc1cc(Br)c(-c2ccc(Cl)cc2Cl)o1. The summed E-state index contributed by atoms with van der Waals surface area (Å²) in [6, 6.07) is 6.71. The van der Waals surface area contributed by atoms with Crippen molar-refractivity contribution in [3.63, 3.8) is 0 Å². The van der Waals surface area contributed by atoms with Gasteiger partial charge in [-0.25, -0.2) is 4.79 Å². The number of carbonyl (C=O) groups is 1. The lowest BCUT2D eigenvalue weighted by Gasteiger charge is -2.02. The number of halogens is 3. The van der Waals surface area contributed by atoms with Gasteiger partial charge in [-0.05, 0) is 46.3 Å². The molecule has 1 N–H and O–H groups in total. The van der Waals surface area contributed by atoms with Gasteiger partial charge in [0.15, 0.2) is 0 Å². The van der Waals surface area contributed by atoms with Crippen molar-refractivity contribution in [2.45, 2.75) is 0 Å². The molecule has 1 aromatic carbocycles. The average Bonchev–Trinajstić information content (AvgIpc) is 2.68. The fourth-order valence-corrected chi connectivity index (χ4v) is 2.49. The van der Waals surface area contributed by atoms with Gasteiger partial charge in [0, 0.05) is 16.7 Å². The maximum Gasteiger partial charge on any atom is 0.328 e. The number of rotatable bonds is 3. The van der Waals surface area contributed by atoms with E-state index in [1.54, 1.807) is 24.3 Å². The van der Waals surface area contributed by atoms with Gasteiger partial charge in [0.25, 0.3) is 0 Å². The number of furan rings is 1.